The van der Waals surface area contributed by atoms with Gasteiger partial charge in [0.25, 0.3) is 0 Å². The summed E-state index contributed by atoms with van der Waals surface area (Å²) in [6.07, 6.45) is 2.74. The van der Waals surface area contributed by atoms with E-state index in [4.69, 9.17) is 0 Å². The second-order valence-electron chi connectivity index (χ2n) is 3.61. The summed E-state index contributed by atoms with van der Waals surface area (Å²) in [6, 6.07) is 5.90. The van der Waals surface area contributed by atoms with Gasteiger partial charge in [-0.1, -0.05) is 6.07 Å². The van der Waals surface area contributed by atoms with Crippen molar-refractivity contribution in [1.29, 1.82) is 0 Å². The molecule has 0 aromatic carbocycles. The predicted molar refractivity (Wildman–Crippen MR) is 50.6 cm³/mol. The lowest BCUT2D eigenvalue weighted by Gasteiger charge is -2.06. The van der Waals surface area contributed by atoms with E-state index in [1.54, 1.807) is 0 Å². The number of nitrogens with zero attached hydrogens (tertiary/aromatic N) is 1. The lowest BCUT2D eigenvalue weighted by Crippen LogP contribution is -2.06. The first-order valence-corrected chi connectivity index (χ1v) is 4.73. The molecule has 2 rings (SSSR count). The van der Waals surface area contributed by atoms with Crippen LogP contribution in [0.15, 0.2) is 18.2 Å². The molecule has 1 aromatic heterocycles. The van der Waals surface area contributed by atoms with E-state index in [2.05, 4.69) is 4.98 Å². The van der Waals surface area contributed by atoms with Gasteiger partial charge in [0.15, 0.2) is 0 Å². The molecule has 68 valence electrons. The Hall–Kier alpha value is -1.18. The van der Waals surface area contributed by atoms with E-state index < -0.39 is 0 Å². The average Bonchev–Trinajstić information content (AvgIpc) is 2.51. The molecule has 0 aliphatic heterocycles. The summed E-state index contributed by atoms with van der Waals surface area (Å²) in [7, 11) is 0. The molecular weight excluding hydrogens is 162 g/mol. The number of carbonyl (C=O) groups excluding carboxylic acids is 1. The van der Waals surface area contributed by atoms with Gasteiger partial charge in [-0.05, 0) is 31.9 Å². The zero-order chi connectivity index (χ0) is 9.26. The molecule has 2 heteroatoms. The smallest absolute Gasteiger partial charge is 0.141 e. The number of hydrogen-bond acceptors (Lipinski definition) is 2. The monoisotopic (exact) mass is 175 g/mol. The third-order valence-electron chi connectivity index (χ3n) is 2.57. The largest absolute Gasteiger partial charge is 0.299 e. The highest BCUT2D eigenvalue weighted by molar-refractivity contribution is 5.87. The summed E-state index contributed by atoms with van der Waals surface area (Å²) in [5, 5.41) is 0. The maximum atomic E-state index is 11.4. The van der Waals surface area contributed by atoms with Crippen LogP contribution in [-0.4, -0.2) is 10.8 Å². The van der Waals surface area contributed by atoms with Crippen molar-refractivity contribution in [1.82, 2.24) is 4.98 Å². The lowest BCUT2D eigenvalue weighted by molar-refractivity contribution is -0.118. The van der Waals surface area contributed by atoms with Gasteiger partial charge in [0, 0.05) is 12.1 Å². The fourth-order valence-corrected chi connectivity index (χ4v) is 1.89. The summed E-state index contributed by atoms with van der Waals surface area (Å²) in [6.45, 7) is 1.96. The van der Waals surface area contributed by atoms with Gasteiger partial charge in [-0.15, -0.1) is 0 Å². The zero-order valence-corrected chi connectivity index (χ0v) is 7.79. The van der Waals surface area contributed by atoms with Crippen molar-refractivity contribution in [2.75, 3.05) is 0 Å². The van der Waals surface area contributed by atoms with Gasteiger partial charge in [0.05, 0.1) is 11.6 Å². The third-order valence-corrected chi connectivity index (χ3v) is 2.57. The van der Waals surface area contributed by atoms with Gasteiger partial charge in [-0.3, -0.25) is 9.78 Å². The van der Waals surface area contributed by atoms with E-state index in [9.17, 15) is 4.79 Å². The van der Waals surface area contributed by atoms with Crippen molar-refractivity contribution in [3.8, 4) is 0 Å². The van der Waals surface area contributed by atoms with Crippen LogP contribution in [0.2, 0.25) is 0 Å². The van der Waals surface area contributed by atoms with Crippen LogP contribution in [0.4, 0.5) is 0 Å². The van der Waals surface area contributed by atoms with Crippen molar-refractivity contribution in [2.45, 2.75) is 32.1 Å². The van der Waals surface area contributed by atoms with E-state index in [0.29, 0.717) is 5.78 Å². The second-order valence-corrected chi connectivity index (χ2v) is 3.61. The summed E-state index contributed by atoms with van der Waals surface area (Å²) >= 11 is 0. The third kappa shape index (κ3) is 1.62. The minimum atomic E-state index is 0.0832. The van der Waals surface area contributed by atoms with Crippen molar-refractivity contribution in [3.63, 3.8) is 0 Å². The molecular formula is C11H13NO. The van der Waals surface area contributed by atoms with Gasteiger partial charge < -0.3 is 0 Å². The molecule has 2 nitrogen and oxygen atoms in total. The fraction of sp³-hybridized carbons (Fsp3) is 0.455. The molecule has 1 saturated carbocycles. The van der Waals surface area contributed by atoms with Crippen LogP contribution in [0.3, 0.4) is 0 Å². The molecule has 1 atom stereocenters. The molecule has 1 heterocycles. The molecule has 1 aromatic rings. The Kier molecular flexibility index (Phi) is 2.13. The minimum Gasteiger partial charge on any atom is -0.299 e. The average molecular weight is 175 g/mol. The standard InChI is InChI=1S/C11H13NO/c1-8-4-2-6-10(12-8)9-5-3-7-11(9)13/h2,4,6,9H,3,5,7H2,1H3. The molecule has 1 fully saturated rings. The molecule has 0 saturated heterocycles. The van der Waals surface area contributed by atoms with E-state index >= 15 is 0 Å². The number of pyridine rings is 1. The molecule has 0 amide bonds. The van der Waals surface area contributed by atoms with Gasteiger partial charge >= 0.3 is 0 Å². The molecule has 1 aliphatic carbocycles. The lowest BCUT2D eigenvalue weighted by atomic mass is 10.0. The maximum absolute atomic E-state index is 11.4. The highest BCUT2D eigenvalue weighted by Crippen LogP contribution is 2.29. The van der Waals surface area contributed by atoms with Gasteiger partial charge in [0.1, 0.15) is 5.78 Å². The van der Waals surface area contributed by atoms with Gasteiger partial charge in [-0.25, -0.2) is 0 Å². The summed E-state index contributed by atoms with van der Waals surface area (Å²) in [5.41, 5.74) is 1.96. The van der Waals surface area contributed by atoms with E-state index in [-0.39, 0.29) is 5.92 Å². The van der Waals surface area contributed by atoms with Crippen LogP contribution in [0.1, 0.15) is 36.6 Å². The van der Waals surface area contributed by atoms with Crippen molar-refractivity contribution >= 4 is 5.78 Å². The van der Waals surface area contributed by atoms with Gasteiger partial charge in [-0.2, -0.15) is 0 Å². The maximum Gasteiger partial charge on any atom is 0.141 e. The molecule has 0 bridgehead atoms. The van der Waals surface area contributed by atoms with Crippen LogP contribution in [0, 0.1) is 6.92 Å². The van der Waals surface area contributed by atoms with Crippen molar-refractivity contribution in [3.05, 3.63) is 29.6 Å². The molecule has 0 spiro atoms. The number of aromatic nitrogens is 1. The molecule has 0 radical (unpaired) electrons. The number of Topliss-reactive ketones (excluding diaryl/α,β-unsaturated/α-hetero) is 1. The number of hydrogen-bond donors (Lipinski definition) is 0. The van der Waals surface area contributed by atoms with Crippen molar-refractivity contribution < 1.29 is 4.79 Å². The Balaban J connectivity index is 2.29. The van der Waals surface area contributed by atoms with Crippen LogP contribution >= 0.6 is 0 Å². The fourth-order valence-electron chi connectivity index (χ4n) is 1.89. The van der Waals surface area contributed by atoms with E-state index in [1.165, 1.54) is 0 Å². The summed E-state index contributed by atoms with van der Waals surface area (Å²) in [4.78, 5) is 15.8. The first kappa shape index (κ1) is 8.42. The first-order chi connectivity index (χ1) is 6.27. The Morgan fingerprint density at radius 1 is 1.46 bits per heavy atom. The van der Waals surface area contributed by atoms with Crippen LogP contribution < -0.4 is 0 Å². The first-order valence-electron chi connectivity index (χ1n) is 4.73. The quantitative estimate of drug-likeness (QED) is 0.655. The molecule has 0 N–H and O–H groups in total. The molecule has 1 unspecified atom stereocenters. The minimum absolute atomic E-state index is 0.0832. The number of aryl methyl sites for hydroxylation is 1. The van der Waals surface area contributed by atoms with Crippen LogP contribution in [0.25, 0.3) is 0 Å². The normalized spacial score (nSPS) is 22.2. The van der Waals surface area contributed by atoms with Crippen LogP contribution in [-0.2, 0) is 4.79 Å². The summed E-state index contributed by atoms with van der Waals surface area (Å²) in [5.74, 6) is 0.443. The van der Waals surface area contributed by atoms with E-state index in [1.807, 2.05) is 25.1 Å². The number of rotatable bonds is 1. The highest BCUT2D eigenvalue weighted by Gasteiger charge is 2.26. The van der Waals surface area contributed by atoms with E-state index in [0.717, 1.165) is 30.7 Å². The number of carbonyl (C=O) groups is 1. The molecule has 1 aliphatic rings. The Morgan fingerprint density at radius 2 is 2.31 bits per heavy atom. The predicted octanol–water partition coefficient (Wildman–Crippen LogP) is 2.23. The Bertz CT molecular complexity index is 333. The topological polar surface area (TPSA) is 30.0 Å². The summed E-state index contributed by atoms with van der Waals surface area (Å²) < 4.78 is 0. The zero-order valence-electron chi connectivity index (χ0n) is 7.79. The number of ketones is 1. The SMILES string of the molecule is Cc1cccc(C2CCCC2=O)n1. The van der Waals surface area contributed by atoms with Crippen LogP contribution in [0.5, 0.6) is 0 Å². The Labute approximate surface area is 78.0 Å². The van der Waals surface area contributed by atoms with Crippen molar-refractivity contribution in [2.24, 2.45) is 0 Å². The van der Waals surface area contributed by atoms with Gasteiger partial charge in [0.2, 0.25) is 0 Å². The highest BCUT2D eigenvalue weighted by atomic mass is 16.1. The second kappa shape index (κ2) is 3.29. The molecule has 13 heavy (non-hydrogen) atoms. The Morgan fingerprint density at radius 3 is 2.92 bits per heavy atom.